The molecule has 0 radical (unpaired) electrons. The van der Waals surface area contributed by atoms with Crippen LogP contribution in [-0.2, 0) is 4.74 Å². The van der Waals surface area contributed by atoms with Crippen molar-refractivity contribution in [3.05, 3.63) is 5.01 Å². The monoisotopic (exact) mass is 339 g/mol. The van der Waals surface area contributed by atoms with Gasteiger partial charge in [-0.25, -0.2) is 4.79 Å². The van der Waals surface area contributed by atoms with Crippen LogP contribution < -0.4 is 5.32 Å². The molecule has 3 heterocycles. The number of hydrogen-bond acceptors (Lipinski definition) is 6. The summed E-state index contributed by atoms with van der Waals surface area (Å²) in [6.07, 6.45) is 2.63. The standard InChI is InChI=1S/C15H25N5O2S/c1-10-7-19(8-11(2)22-10)9-13-5-4-6-20(13)15(21)16-14-18-17-12(3)23-14/h10-11,13H,4-9H2,1-3H3,(H,16,18,21). The average molecular weight is 339 g/mol. The molecular weight excluding hydrogens is 314 g/mol. The van der Waals surface area contributed by atoms with Crippen LogP contribution in [0.15, 0.2) is 0 Å². The van der Waals surface area contributed by atoms with Crippen LogP contribution in [0.5, 0.6) is 0 Å². The SMILES string of the molecule is Cc1nnc(NC(=O)N2CCCC2CN2CC(C)OC(C)C2)s1. The summed E-state index contributed by atoms with van der Waals surface area (Å²) in [6.45, 7) is 9.70. The number of nitrogens with one attached hydrogen (secondary N) is 1. The number of anilines is 1. The highest BCUT2D eigenvalue weighted by Crippen LogP contribution is 2.22. The average Bonchev–Trinajstić information content (AvgIpc) is 3.07. The predicted octanol–water partition coefficient (Wildman–Crippen LogP) is 1.95. The summed E-state index contributed by atoms with van der Waals surface area (Å²) in [5.74, 6) is 0. The van der Waals surface area contributed by atoms with Gasteiger partial charge in [0.15, 0.2) is 0 Å². The van der Waals surface area contributed by atoms with Gasteiger partial charge in [-0.3, -0.25) is 10.2 Å². The number of carbonyl (C=O) groups is 1. The number of urea groups is 1. The van der Waals surface area contributed by atoms with Crippen LogP contribution in [0.4, 0.5) is 9.93 Å². The Morgan fingerprint density at radius 3 is 2.74 bits per heavy atom. The normalized spacial score (nSPS) is 29.0. The van der Waals surface area contributed by atoms with E-state index in [2.05, 4.69) is 34.3 Å². The minimum atomic E-state index is -0.0574. The molecule has 3 rings (SSSR count). The second kappa shape index (κ2) is 7.11. The molecule has 0 saturated carbocycles. The first kappa shape index (κ1) is 16.6. The zero-order chi connectivity index (χ0) is 16.4. The van der Waals surface area contributed by atoms with Crippen molar-refractivity contribution in [3.63, 3.8) is 0 Å². The molecule has 0 bridgehead atoms. The molecule has 8 heteroatoms. The van der Waals surface area contributed by atoms with Crippen molar-refractivity contribution < 1.29 is 9.53 Å². The lowest BCUT2D eigenvalue weighted by molar-refractivity contribution is -0.0712. The van der Waals surface area contributed by atoms with Crippen LogP contribution in [0.3, 0.4) is 0 Å². The van der Waals surface area contributed by atoms with E-state index in [-0.39, 0.29) is 24.3 Å². The van der Waals surface area contributed by atoms with E-state index in [9.17, 15) is 4.79 Å². The van der Waals surface area contributed by atoms with Gasteiger partial charge in [-0.05, 0) is 33.6 Å². The van der Waals surface area contributed by atoms with E-state index in [1.807, 2.05) is 11.8 Å². The quantitative estimate of drug-likeness (QED) is 0.911. The summed E-state index contributed by atoms with van der Waals surface area (Å²) in [5.41, 5.74) is 0. The highest BCUT2D eigenvalue weighted by molar-refractivity contribution is 7.15. The zero-order valence-electron chi connectivity index (χ0n) is 14.0. The Hall–Kier alpha value is -1.25. The first-order chi connectivity index (χ1) is 11.0. The number of ether oxygens (including phenoxy) is 1. The fraction of sp³-hybridized carbons (Fsp3) is 0.800. The molecule has 3 unspecified atom stereocenters. The summed E-state index contributed by atoms with van der Waals surface area (Å²) in [5, 5.41) is 12.2. The fourth-order valence-corrected chi connectivity index (χ4v) is 4.12. The summed E-state index contributed by atoms with van der Waals surface area (Å²) in [7, 11) is 0. The zero-order valence-corrected chi connectivity index (χ0v) is 14.8. The molecule has 2 aliphatic heterocycles. The number of morpholine rings is 1. The molecule has 0 spiro atoms. The Morgan fingerprint density at radius 1 is 1.35 bits per heavy atom. The summed E-state index contributed by atoms with van der Waals surface area (Å²) in [4.78, 5) is 16.9. The van der Waals surface area contributed by atoms with Gasteiger partial charge in [-0.2, -0.15) is 0 Å². The molecular formula is C15H25N5O2S. The Labute approximate surface area is 141 Å². The van der Waals surface area contributed by atoms with Crippen molar-refractivity contribution in [2.24, 2.45) is 0 Å². The maximum atomic E-state index is 12.5. The van der Waals surface area contributed by atoms with Gasteiger partial charge in [0.1, 0.15) is 5.01 Å². The van der Waals surface area contributed by atoms with Gasteiger partial charge in [0.2, 0.25) is 5.13 Å². The van der Waals surface area contributed by atoms with E-state index in [0.717, 1.165) is 44.0 Å². The van der Waals surface area contributed by atoms with Gasteiger partial charge in [0, 0.05) is 32.2 Å². The molecule has 1 N–H and O–H groups in total. The summed E-state index contributed by atoms with van der Waals surface area (Å²) < 4.78 is 5.79. The molecule has 2 amide bonds. The molecule has 2 saturated heterocycles. The molecule has 3 atom stereocenters. The van der Waals surface area contributed by atoms with E-state index in [1.54, 1.807) is 0 Å². The van der Waals surface area contributed by atoms with Crippen molar-refractivity contribution in [1.82, 2.24) is 20.0 Å². The lowest BCUT2D eigenvalue weighted by Crippen LogP contribution is -2.51. The molecule has 1 aromatic heterocycles. The Bertz CT molecular complexity index is 542. The molecule has 2 fully saturated rings. The lowest BCUT2D eigenvalue weighted by Gasteiger charge is -2.38. The van der Waals surface area contributed by atoms with Crippen LogP contribution in [0.2, 0.25) is 0 Å². The van der Waals surface area contributed by atoms with Crippen molar-refractivity contribution in [2.45, 2.75) is 51.9 Å². The molecule has 0 aliphatic carbocycles. The smallest absolute Gasteiger partial charge is 0.323 e. The molecule has 7 nitrogen and oxygen atoms in total. The number of carbonyl (C=O) groups excluding carboxylic acids is 1. The first-order valence-corrected chi connectivity index (χ1v) is 9.08. The van der Waals surface area contributed by atoms with Gasteiger partial charge in [-0.1, -0.05) is 11.3 Å². The maximum Gasteiger partial charge on any atom is 0.323 e. The molecule has 0 aromatic carbocycles. The third-order valence-electron chi connectivity index (χ3n) is 4.34. The minimum absolute atomic E-state index is 0.0574. The highest BCUT2D eigenvalue weighted by atomic mass is 32.1. The number of aryl methyl sites for hydroxylation is 1. The van der Waals surface area contributed by atoms with Crippen LogP contribution in [0.1, 0.15) is 31.7 Å². The lowest BCUT2D eigenvalue weighted by atomic mass is 10.1. The van der Waals surface area contributed by atoms with E-state index in [1.165, 1.54) is 11.3 Å². The Kier molecular flexibility index (Phi) is 5.13. The van der Waals surface area contributed by atoms with Gasteiger partial charge in [-0.15, -0.1) is 10.2 Å². The molecule has 128 valence electrons. The number of nitrogens with zero attached hydrogens (tertiary/aromatic N) is 4. The summed E-state index contributed by atoms with van der Waals surface area (Å²) >= 11 is 1.40. The number of likely N-dealkylation sites (tertiary alicyclic amines) is 1. The third-order valence-corrected chi connectivity index (χ3v) is 5.10. The van der Waals surface area contributed by atoms with Crippen LogP contribution in [0, 0.1) is 6.92 Å². The van der Waals surface area contributed by atoms with Crippen molar-refractivity contribution in [3.8, 4) is 0 Å². The number of hydrogen-bond donors (Lipinski definition) is 1. The van der Waals surface area contributed by atoms with Gasteiger partial charge < -0.3 is 9.64 Å². The van der Waals surface area contributed by atoms with E-state index in [4.69, 9.17) is 4.74 Å². The van der Waals surface area contributed by atoms with Crippen LogP contribution in [-0.4, -0.2) is 70.5 Å². The van der Waals surface area contributed by atoms with Gasteiger partial charge in [0.05, 0.1) is 12.2 Å². The Balaban J connectivity index is 1.57. The van der Waals surface area contributed by atoms with Crippen molar-refractivity contribution >= 4 is 22.5 Å². The first-order valence-electron chi connectivity index (χ1n) is 8.27. The van der Waals surface area contributed by atoms with Crippen LogP contribution in [0.25, 0.3) is 0 Å². The summed E-state index contributed by atoms with van der Waals surface area (Å²) in [6, 6.07) is 0.208. The van der Waals surface area contributed by atoms with Gasteiger partial charge >= 0.3 is 6.03 Å². The maximum absolute atomic E-state index is 12.5. The van der Waals surface area contributed by atoms with Gasteiger partial charge in [0.25, 0.3) is 0 Å². The number of rotatable bonds is 3. The fourth-order valence-electron chi connectivity index (χ4n) is 3.53. The topological polar surface area (TPSA) is 70.6 Å². The van der Waals surface area contributed by atoms with Crippen molar-refractivity contribution in [1.29, 1.82) is 0 Å². The van der Waals surface area contributed by atoms with Crippen molar-refractivity contribution in [2.75, 3.05) is 31.5 Å². The third kappa shape index (κ3) is 4.19. The predicted molar refractivity (Wildman–Crippen MR) is 89.8 cm³/mol. The Morgan fingerprint density at radius 2 is 2.09 bits per heavy atom. The molecule has 23 heavy (non-hydrogen) atoms. The number of aromatic nitrogens is 2. The largest absolute Gasteiger partial charge is 0.373 e. The van der Waals surface area contributed by atoms with Crippen LogP contribution >= 0.6 is 11.3 Å². The number of amides is 2. The van der Waals surface area contributed by atoms with E-state index >= 15 is 0 Å². The molecule has 1 aromatic rings. The highest BCUT2D eigenvalue weighted by Gasteiger charge is 2.32. The minimum Gasteiger partial charge on any atom is -0.373 e. The van der Waals surface area contributed by atoms with E-state index in [0.29, 0.717) is 5.13 Å². The second-order valence-electron chi connectivity index (χ2n) is 6.52. The second-order valence-corrected chi connectivity index (χ2v) is 7.70. The van der Waals surface area contributed by atoms with E-state index < -0.39 is 0 Å². The molecule has 2 aliphatic rings.